The average Bonchev–Trinajstić information content (AvgIpc) is 1.38. The summed E-state index contributed by atoms with van der Waals surface area (Å²) in [6.45, 7) is 9.14. The minimum absolute atomic E-state index is 0.0185. The predicted molar refractivity (Wildman–Crippen MR) is 21.6 cm³/mol. The van der Waals surface area contributed by atoms with Crippen molar-refractivity contribution in [1.82, 2.24) is 0 Å². The van der Waals surface area contributed by atoms with E-state index in [2.05, 4.69) is 11.4 Å². The van der Waals surface area contributed by atoms with Crippen LogP contribution in [0, 0.1) is 6.57 Å². The van der Waals surface area contributed by atoms with Gasteiger partial charge in [0.2, 0.25) is 5.16 Å². The lowest BCUT2D eigenvalue weighted by molar-refractivity contribution is 2.00. The van der Waals surface area contributed by atoms with Gasteiger partial charge in [0.05, 0.1) is 6.57 Å². The average molecular weight is 87.5 g/mol. The van der Waals surface area contributed by atoms with Gasteiger partial charge in [-0.2, -0.15) is 0 Å². The van der Waals surface area contributed by atoms with E-state index in [-0.39, 0.29) is 5.16 Å². The molecule has 5 heavy (non-hydrogen) atoms. The first-order chi connectivity index (χ1) is 2.27. The molecule has 0 amide bonds. The van der Waals surface area contributed by atoms with Crippen LogP contribution in [-0.4, -0.2) is 0 Å². The van der Waals surface area contributed by atoms with E-state index in [1.165, 1.54) is 0 Å². The SMILES string of the molecule is [C-]#[N+]C(=C)Cl. The Morgan fingerprint density at radius 2 is 2.20 bits per heavy atom. The maximum Gasteiger partial charge on any atom is 0.245 e. The molecule has 0 saturated heterocycles. The van der Waals surface area contributed by atoms with Gasteiger partial charge in [-0.25, -0.2) is 4.85 Å². The molecule has 0 aromatic rings. The summed E-state index contributed by atoms with van der Waals surface area (Å²) >= 11 is 4.91. The molecule has 0 aromatic heterocycles. The Morgan fingerprint density at radius 3 is 2.20 bits per heavy atom. The second-order valence-corrected chi connectivity index (χ2v) is 0.924. The van der Waals surface area contributed by atoms with Crippen molar-refractivity contribution >= 4 is 11.6 Å². The highest BCUT2D eigenvalue weighted by Gasteiger charge is 1.68. The zero-order valence-corrected chi connectivity index (χ0v) is 3.29. The molecule has 1 nitrogen and oxygen atoms in total. The third-order valence-electron chi connectivity index (χ3n) is 0.121. The molecule has 0 N–H and O–H groups in total. The quantitative estimate of drug-likeness (QED) is 0.312. The Labute approximate surface area is 35.7 Å². The van der Waals surface area contributed by atoms with Crippen LogP contribution < -0.4 is 0 Å². The van der Waals surface area contributed by atoms with Gasteiger partial charge < -0.3 is 0 Å². The minimum atomic E-state index is 0.0185. The molecule has 0 spiro atoms. The molecule has 0 atom stereocenters. The van der Waals surface area contributed by atoms with E-state index >= 15 is 0 Å². The fourth-order valence-electron chi connectivity index (χ4n) is 0. The first-order valence-electron chi connectivity index (χ1n) is 0.990. The van der Waals surface area contributed by atoms with E-state index in [1.807, 2.05) is 0 Å². The lowest BCUT2D eigenvalue weighted by Crippen LogP contribution is -1.36. The zero-order chi connectivity index (χ0) is 4.28. The molecule has 0 radical (unpaired) electrons. The Kier molecular flexibility index (Phi) is 1.63. The van der Waals surface area contributed by atoms with Crippen LogP contribution in [0.5, 0.6) is 0 Å². The van der Waals surface area contributed by atoms with Gasteiger partial charge in [-0.05, 0) is 0 Å². The normalized spacial score (nSPS) is 5.60. The smallest absolute Gasteiger partial charge is 0.226 e. The van der Waals surface area contributed by atoms with Crippen LogP contribution in [0.4, 0.5) is 0 Å². The zero-order valence-electron chi connectivity index (χ0n) is 2.53. The van der Waals surface area contributed by atoms with E-state index in [9.17, 15) is 0 Å². The predicted octanol–water partition coefficient (Wildman–Crippen LogP) is 1.62. The minimum Gasteiger partial charge on any atom is -0.226 e. The van der Waals surface area contributed by atoms with Crippen molar-refractivity contribution in [2.75, 3.05) is 0 Å². The van der Waals surface area contributed by atoms with E-state index in [4.69, 9.17) is 18.2 Å². The Balaban J connectivity index is 3.35. The van der Waals surface area contributed by atoms with Gasteiger partial charge in [0.1, 0.15) is 0 Å². The van der Waals surface area contributed by atoms with Gasteiger partial charge >= 0.3 is 0 Å². The molecule has 26 valence electrons. The Bertz CT molecular complexity index is 79.4. The number of hydrogen-bond donors (Lipinski definition) is 0. The summed E-state index contributed by atoms with van der Waals surface area (Å²) in [5.74, 6) is 0. The van der Waals surface area contributed by atoms with Crippen molar-refractivity contribution in [3.63, 3.8) is 0 Å². The molecule has 0 saturated carbocycles. The summed E-state index contributed by atoms with van der Waals surface area (Å²) in [5, 5.41) is 0.0185. The van der Waals surface area contributed by atoms with Gasteiger partial charge in [-0.1, -0.05) is 6.58 Å². The molecule has 0 aromatic carbocycles. The largest absolute Gasteiger partial charge is 0.245 e. The van der Waals surface area contributed by atoms with Crippen LogP contribution in [-0.2, 0) is 0 Å². The highest BCUT2D eigenvalue weighted by Crippen LogP contribution is 1.93. The first-order valence-corrected chi connectivity index (χ1v) is 1.37. The number of nitrogens with zero attached hydrogens (tertiary/aromatic N) is 1. The van der Waals surface area contributed by atoms with Crippen LogP contribution in [0.25, 0.3) is 4.85 Å². The monoisotopic (exact) mass is 87.0 g/mol. The number of rotatable bonds is 0. The fourth-order valence-corrected chi connectivity index (χ4v) is 0. The summed E-state index contributed by atoms with van der Waals surface area (Å²) in [4.78, 5) is 2.71. The third-order valence-corrected chi connectivity index (χ3v) is 0.206. The lowest BCUT2D eigenvalue weighted by Gasteiger charge is -1.60. The van der Waals surface area contributed by atoms with Crippen LogP contribution in [0.1, 0.15) is 0 Å². The molecular weight excluding hydrogens is 85.5 g/mol. The molecule has 0 heterocycles. The fraction of sp³-hybridized carbons (Fsp3) is 0. The van der Waals surface area contributed by atoms with Crippen LogP contribution in [0.3, 0.4) is 0 Å². The molecule has 0 bridgehead atoms. The Morgan fingerprint density at radius 1 is 2.00 bits per heavy atom. The van der Waals surface area contributed by atoms with Gasteiger partial charge in [0, 0.05) is 0 Å². The number of halogens is 1. The standard InChI is InChI=1S/C3H2ClN/c1-3(4)5-2/h1H2. The summed E-state index contributed by atoms with van der Waals surface area (Å²) in [7, 11) is 0. The first kappa shape index (κ1) is 4.52. The van der Waals surface area contributed by atoms with E-state index in [1.54, 1.807) is 0 Å². The summed E-state index contributed by atoms with van der Waals surface area (Å²) in [6, 6.07) is 0. The third kappa shape index (κ3) is 3.52. The summed E-state index contributed by atoms with van der Waals surface area (Å²) in [5.41, 5.74) is 0. The van der Waals surface area contributed by atoms with Crippen molar-refractivity contribution in [1.29, 1.82) is 0 Å². The van der Waals surface area contributed by atoms with Crippen LogP contribution >= 0.6 is 11.6 Å². The van der Waals surface area contributed by atoms with Crippen molar-refractivity contribution in [2.45, 2.75) is 0 Å². The van der Waals surface area contributed by atoms with E-state index in [0.29, 0.717) is 0 Å². The lowest BCUT2D eigenvalue weighted by atomic mass is 11.1. The van der Waals surface area contributed by atoms with E-state index < -0.39 is 0 Å². The molecule has 0 aliphatic carbocycles. The maximum absolute atomic E-state index is 6.05. The topological polar surface area (TPSA) is 4.36 Å². The van der Waals surface area contributed by atoms with Crippen LogP contribution in [0.15, 0.2) is 11.7 Å². The summed E-state index contributed by atoms with van der Waals surface area (Å²) < 4.78 is 0. The van der Waals surface area contributed by atoms with Crippen molar-refractivity contribution in [3.8, 4) is 0 Å². The van der Waals surface area contributed by atoms with Crippen molar-refractivity contribution in [3.05, 3.63) is 23.2 Å². The molecule has 0 rings (SSSR count). The van der Waals surface area contributed by atoms with Gasteiger partial charge in [-0.15, -0.1) is 11.6 Å². The second-order valence-electron chi connectivity index (χ2n) is 0.488. The molecular formula is C3H2ClN. The summed E-state index contributed by atoms with van der Waals surface area (Å²) in [6.07, 6.45) is 0. The maximum atomic E-state index is 6.05. The van der Waals surface area contributed by atoms with Crippen molar-refractivity contribution < 1.29 is 0 Å². The number of hydrogen-bond acceptors (Lipinski definition) is 0. The van der Waals surface area contributed by atoms with Gasteiger partial charge in [0.15, 0.2) is 0 Å². The Hall–Kier alpha value is -0.480. The van der Waals surface area contributed by atoms with E-state index in [0.717, 1.165) is 0 Å². The molecule has 0 aliphatic heterocycles. The molecule has 0 aliphatic rings. The van der Waals surface area contributed by atoms with Gasteiger partial charge in [-0.3, -0.25) is 0 Å². The second kappa shape index (κ2) is 1.80. The van der Waals surface area contributed by atoms with Crippen molar-refractivity contribution in [2.24, 2.45) is 0 Å². The molecule has 0 fully saturated rings. The highest BCUT2D eigenvalue weighted by molar-refractivity contribution is 6.30. The molecule has 0 unspecified atom stereocenters. The highest BCUT2D eigenvalue weighted by atomic mass is 35.5. The molecule has 2 heteroatoms. The van der Waals surface area contributed by atoms with Gasteiger partial charge in [0.25, 0.3) is 0 Å². The van der Waals surface area contributed by atoms with Crippen LogP contribution in [0.2, 0.25) is 0 Å².